The lowest BCUT2D eigenvalue weighted by molar-refractivity contribution is -0.384. The summed E-state index contributed by atoms with van der Waals surface area (Å²) in [4.78, 5) is 22.3. The molecule has 0 aliphatic carbocycles. The molecule has 1 N–H and O–H groups in total. The van der Waals surface area contributed by atoms with Crippen LogP contribution in [0.25, 0.3) is 0 Å². The predicted molar refractivity (Wildman–Crippen MR) is 105 cm³/mol. The number of nitro groups is 1. The van der Waals surface area contributed by atoms with E-state index >= 15 is 0 Å². The van der Waals surface area contributed by atoms with Gasteiger partial charge < -0.3 is 4.74 Å². The zero-order chi connectivity index (χ0) is 19.8. The molecule has 0 spiro atoms. The van der Waals surface area contributed by atoms with Crippen molar-refractivity contribution in [3.63, 3.8) is 0 Å². The number of carbonyl (C=O) groups is 1. The molecule has 7 heteroatoms. The lowest BCUT2D eigenvalue weighted by Crippen LogP contribution is -2.17. The van der Waals surface area contributed by atoms with Gasteiger partial charge in [0.15, 0.2) is 0 Å². The highest BCUT2D eigenvalue weighted by Gasteiger charge is 2.05. The van der Waals surface area contributed by atoms with E-state index in [0.29, 0.717) is 23.5 Å². The summed E-state index contributed by atoms with van der Waals surface area (Å²) in [7, 11) is 0. The molecule has 0 saturated heterocycles. The van der Waals surface area contributed by atoms with Crippen molar-refractivity contribution in [2.45, 2.75) is 6.61 Å². The van der Waals surface area contributed by atoms with Gasteiger partial charge in [-0.2, -0.15) is 5.10 Å². The zero-order valence-electron chi connectivity index (χ0n) is 14.8. The zero-order valence-corrected chi connectivity index (χ0v) is 14.8. The van der Waals surface area contributed by atoms with Crippen molar-refractivity contribution in [2.24, 2.45) is 5.10 Å². The van der Waals surface area contributed by atoms with Gasteiger partial charge in [-0.25, -0.2) is 5.43 Å². The number of nitro benzene ring substituents is 1. The molecule has 0 atom stereocenters. The second kappa shape index (κ2) is 9.09. The van der Waals surface area contributed by atoms with Crippen LogP contribution >= 0.6 is 0 Å². The maximum absolute atomic E-state index is 12.1. The first kappa shape index (κ1) is 18.8. The Morgan fingerprint density at radius 3 is 2.32 bits per heavy atom. The predicted octanol–water partition coefficient (Wildman–Crippen LogP) is 3.94. The lowest BCUT2D eigenvalue weighted by Gasteiger charge is -2.07. The Balaban J connectivity index is 1.52. The first-order valence-electron chi connectivity index (χ1n) is 8.46. The Kier molecular flexibility index (Phi) is 6.10. The molecule has 3 aromatic rings. The Hall–Kier alpha value is -4.00. The van der Waals surface area contributed by atoms with E-state index in [0.717, 1.165) is 5.56 Å². The van der Waals surface area contributed by atoms with Crippen LogP contribution in [0.15, 0.2) is 84.0 Å². The van der Waals surface area contributed by atoms with Crippen LogP contribution < -0.4 is 10.2 Å². The lowest BCUT2D eigenvalue weighted by atomic mass is 10.2. The summed E-state index contributed by atoms with van der Waals surface area (Å²) in [5.74, 6) is 0.294. The average molecular weight is 375 g/mol. The molecule has 0 aliphatic heterocycles. The topological polar surface area (TPSA) is 93.8 Å². The largest absolute Gasteiger partial charge is 0.489 e. The van der Waals surface area contributed by atoms with Crippen molar-refractivity contribution in [1.82, 2.24) is 5.43 Å². The molecule has 0 heterocycles. The summed E-state index contributed by atoms with van der Waals surface area (Å²) in [5, 5.41) is 14.5. The third kappa shape index (κ3) is 5.25. The van der Waals surface area contributed by atoms with Crippen LogP contribution in [0.2, 0.25) is 0 Å². The van der Waals surface area contributed by atoms with Gasteiger partial charge in [-0.3, -0.25) is 14.9 Å². The number of hydrogen-bond acceptors (Lipinski definition) is 5. The highest BCUT2D eigenvalue weighted by molar-refractivity contribution is 5.95. The minimum atomic E-state index is -0.476. The van der Waals surface area contributed by atoms with Crippen molar-refractivity contribution < 1.29 is 14.5 Å². The monoisotopic (exact) mass is 375 g/mol. The number of hydrogen-bond donors (Lipinski definition) is 1. The van der Waals surface area contributed by atoms with Gasteiger partial charge in [0.2, 0.25) is 0 Å². The normalized spacial score (nSPS) is 10.6. The molecule has 0 fully saturated rings. The molecule has 140 valence electrons. The second-order valence-corrected chi connectivity index (χ2v) is 5.85. The molecular formula is C21H17N3O4. The van der Waals surface area contributed by atoms with Gasteiger partial charge >= 0.3 is 0 Å². The van der Waals surface area contributed by atoms with Crippen molar-refractivity contribution >= 4 is 17.8 Å². The van der Waals surface area contributed by atoms with E-state index < -0.39 is 4.92 Å². The van der Waals surface area contributed by atoms with Crippen LogP contribution in [0.4, 0.5) is 5.69 Å². The van der Waals surface area contributed by atoms with E-state index in [2.05, 4.69) is 10.5 Å². The van der Waals surface area contributed by atoms with E-state index in [-0.39, 0.29) is 11.6 Å². The SMILES string of the molecule is O=C(NN=Cc1ccc([N+](=O)[O-])cc1)c1ccc(OCc2ccccc2)cc1. The van der Waals surface area contributed by atoms with E-state index in [4.69, 9.17) is 4.74 Å². The molecule has 3 aromatic carbocycles. The van der Waals surface area contributed by atoms with Crippen LogP contribution in [-0.2, 0) is 6.61 Å². The summed E-state index contributed by atoms with van der Waals surface area (Å²) in [6, 6.07) is 22.4. The first-order valence-corrected chi connectivity index (χ1v) is 8.46. The number of nitrogens with zero attached hydrogens (tertiary/aromatic N) is 2. The number of non-ortho nitro benzene ring substituents is 1. The molecular weight excluding hydrogens is 358 g/mol. The maximum atomic E-state index is 12.1. The Labute approximate surface area is 161 Å². The summed E-state index contributed by atoms with van der Waals surface area (Å²) in [5.41, 5.74) is 4.55. The Morgan fingerprint density at radius 1 is 1.00 bits per heavy atom. The summed E-state index contributed by atoms with van der Waals surface area (Å²) < 4.78 is 5.68. The van der Waals surface area contributed by atoms with Crippen LogP contribution in [-0.4, -0.2) is 17.0 Å². The molecule has 0 radical (unpaired) electrons. The molecule has 0 aliphatic rings. The summed E-state index contributed by atoms with van der Waals surface area (Å²) >= 11 is 0. The third-order valence-electron chi connectivity index (χ3n) is 3.85. The number of nitrogens with one attached hydrogen (secondary N) is 1. The van der Waals surface area contributed by atoms with E-state index in [1.807, 2.05) is 30.3 Å². The fourth-order valence-electron chi connectivity index (χ4n) is 2.36. The van der Waals surface area contributed by atoms with Gasteiger partial charge in [-0.05, 0) is 47.5 Å². The van der Waals surface area contributed by atoms with Gasteiger partial charge in [0.25, 0.3) is 11.6 Å². The van der Waals surface area contributed by atoms with Crippen LogP contribution in [0.5, 0.6) is 5.75 Å². The minimum Gasteiger partial charge on any atom is -0.489 e. The fraction of sp³-hybridized carbons (Fsp3) is 0.0476. The number of amides is 1. The Morgan fingerprint density at radius 2 is 1.68 bits per heavy atom. The van der Waals surface area contributed by atoms with Crippen LogP contribution in [0, 0.1) is 10.1 Å². The summed E-state index contributed by atoms with van der Waals surface area (Å²) in [6.45, 7) is 0.450. The average Bonchev–Trinajstić information content (AvgIpc) is 2.73. The van der Waals surface area contributed by atoms with Gasteiger partial charge in [0.05, 0.1) is 11.1 Å². The standard InChI is InChI=1S/C21H17N3O4/c25-21(23-22-14-16-6-10-19(11-7-16)24(26)27)18-8-12-20(13-9-18)28-15-17-4-2-1-3-5-17/h1-14H,15H2,(H,23,25). The Bertz CT molecular complexity index is 969. The van der Waals surface area contributed by atoms with Gasteiger partial charge in [0.1, 0.15) is 12.4 Å². The highest BCUT2D eigenvalue weighted by Crippen LogP contribution is 2.14. The second-order valence-electron chi connectivity index (χ2n) is 5.85. The summed E-state index contributed by atoms with van der Waals surface area (Å²) in [6.07, 6.45) is 1.42. The smallest absolute Gasteiger partial charge is 0.271 e. The first-order chi connectivity index (χ1) is 13.6. The van der Waals surface area contributed by atoms with Crippen LogP contribution in [0.1, 0.15) is 21.5 Å². The number of rotatable bonds is 7. The molecule has 3 rings (SSSR count). The fourth-order valence-corrected chi connectivity index (χ4v) is 2.36. The van der Waals surface area contributed by atoms with E-state index in [1.54, 1.807) is 36.4 Å². The maximum Gasteiger partial charge on any atom is 0.271 e. The van der Waals surface area contributed by atoms with Crippen molar-refractivity contribution in [1.29, 1.82) is 0 Å². The van der Waals surface area contributed by atoms with E-state index in [9.17, 15) is 14.9 Å². The van der Waals surface area contributed by atoms with Crippen molar-refractivity contribution in [2.75, 3.05) is 0 Å². The molecule has 1 amide bonds. The third-order valence-corrected chi connectivity index (χ3v) is 3.85. The van der Waals surface area contributed by atoms with Crippen LogP contribution in [0.3, 0.4) is 0 Å². The molecule has 7 nitrogen and oxygen atoms in total. The quantitative estimate of drug-likeness (QED) is 0.384. The number of hydrazone groups is 1. The van der Waals surface area contributed by atoms with E-state index in [1.165, 1.54) is 18.3 Å². The van der Waals surface area contributed by atoms with Gasteiger partial charge in [-0.1, -0.05) is 30.3 Å². The van der Waals surface area contributed by atoms with Gasteiger partial charge in [-0.15, -0.1) is 0 Å². The number of ether oxygens (including phenoxy) is 1. The number of carbonyl (C=O) groups excluding carboxylic acids is 1. The highest BCUT2D eigenvalue weighted by atomic mass is 16.6. The number of benzene rings is 3. The minimum absolute atomic E-state index is 0.00393. The van der Waals surface area contributed by atoms with Crippen molar-refractivity contribution in [3.8, 4) is 5.75 Å². The van der Waals surface area contributed by atoms with Gasteiger partial charge in [0, 0.05) is 17.7 Å². The molecule has 0 bridgehead atoms. The molecule has 28 heavy (non-hydrogen) atoms. The molecule has 0 aromatic heterocycles. The molecule has 0 unspecified atom stereocenters. The van der Waals surface area contributed by atoms with Crippen molar-refractivity contribution in [3.05, 3.63) is 106 Å². The molecule has 0 saturated carbocycles.